The molecule has 0 aliphatic heterocycles. The Morgan fingerprint density at radius 2 is 2.00 bits per heavy atom. The fourth-order valence-corrected chi connectivity index (χ4v) is 3.52. The lowest BCUT2D eigenvalue weighted by molar-refractivity contribution is 0.0954. The number of amides is 1. The smallest absolute Gasteiger partial charge is 0.251 e. The van der Waals surface area contributed by atoms with Crippen LogP contribution in [0.15, 0.2) is 54.2 Å². The first-order chi connectivity index (χ1) is 13.2. The molecule has 6 heteroatoms. The van der Waals surface area contributed by atoms with Crippen molar-refractivity contribution in [2.24, 2.45) is 0 Å². The number of allylic oxidation sites excluding steroid dienone is 1. The lowest BCUT2D eigenvalue weighted by atomic mass is 9.97. The minimum Gasteiger partial charge on any atom is -0.352 e. The van der Waals surface area contributed by atoms with Gasteiger partial charge in [0.2, 0.25) is 0 Å². The second-order valence-corrected chi connectivity index (χ2v) is 7.22. The lowest BCUT2D eigenvalue weighted by Gasteiger charge is -2.13. The van der Waals surface area contributed by atoms with E-state index < -0.39 is 0 Å². The molecule has 1 aliphatic carbocycles. The molecule has 0 fully saturated rings. The highest BCUT2D eigenvalue weighted by molar-refractivity contribution is 6.30. The molecular formula is C21H21ClN4O. The second-order valence-electron chi connectivity index (χ2n) is 6.79. The highest BCUT2D eigenvalue weighted by Gasteiger charge is 2.12. The van der Waals surface area contributed by atoms with E-state index in [2.05, 4.69) is 21.6 Å². The van der Waals surface area contributed by atoms with Gasteiger partial charge in [0.25, 0.3) is 5.91 Å². The summed E-state index contributed by atoms with van der Waals surface area (Å²) in [4.78, 5) is 12.4. The third kappa shape index (κ3) is 4.03. The van der Waals surface area contributed by atoms with Gasteiger partial charge in [-0.25, -0.2) is 0 Å². The zero-order valence-corrected chi connectivity index (χ0v) is 15.7. The highest BCUT2D eigenvalue weighted by atomic mass is 35.5. The van der Waals surface area contributed by atoms with Gasteiger partial charge >= 0.3 is 0 Å². The van der Waals surface area contributed by atoms with Crippen LogP contribution in [0.25, 0.3) is 17.0 Å². The number of carbonyl (C=O) groups is 1. The summed E-state index contributed by atoms with van der Waals surface area (Å²) in [6, 6.07) is 11.0. The van der Waals surface area contributed by atoms with E-state index in [0.717, 1.165) is 24.2 Å². The normalized spacial score (nSPS) is 14.2. The van der Waals surface area contributed by atoms with Crippen LogP contribution in [0.2, 0.25) is 5.02 Å². The fourth-order valence-electron chi connectivity index (χ4n) is 3.40. The molecule has 0 spiro atoms. The van der Waals surface area contributed by atoms with E-state index in [0.29, 0.717) is 22.8 Å². The van der Waals surface area contributed by atoms with E-state index in [1.807, 2.05) is 34.9 Å². The molecule has 1 aromatic carbocycles. The van der Waals surface area contributed by atoms with Crippen molar-refractivity contribution in [2.75, 3.05) is 6.54 Å². The van der Waals surface area contributed by atoms with E-state index in [-0.39, 0.29) is 5.91 Å². The Hall–Kier alpha value is -2.66. The zero-order valence-electron chi connectivity index (χ0n) is 15.0. The van der Waals surface area contributed by atoms with Gasteiger partial charge in [-0.3, -0.25) is 9.20 Å². The summed E-state index contributed by atoms with van der Waals surface area (Å²) < 4.78 is 1.87. The average Bonchev–Trinajstić information content (AvgIpc) is 3.12. The molecule has 0 radical (unpaired) electrons. The Balaban J connectivity index is 1.46. The topological polar surface area (TPSA) is 59.3 Å². The lowest BCUT2D eigenvalue weighted by Crippen LogP contribution is -2.25. The SMILES string of the molecule is O=C(NCCC1=CCCCC1)c1ccn2c(-c3ccc(Cl)cc3)nnc2c1. The third-order valence-electron chi connectivity index (χ3n) is 4.89. The number of benzene rings is 1. The molecule has 138 valence electrons. The van der Waals surface area contributed by atoms with Gasteiger partial charge in [0.1, 0.15) is 0 Å². The molecule has 5 nitrogen and oxygen atoms in total. The molecular weight excluding hydrogens is 360 g/mol. The number of halogens is 1. The van der Waals surface area contributed by atoms with E-state index in [1.54, 1.807) is 12.1 Å². The largest absolute Gasteiger partial charge is 0.352 e. The van der Waals surface area contributed by atoms with Gasteiger partial charge in [-0.15, -0.1) is 10.2 Å². The number of nitrogens with zero attached hydrogens (tertiary/aromatic N) is 3. The van der Waals surface area contributed by atoms with Gasteiger partial charge in [-0.05, 0) is 68.5 Å². The van der Waals surface area contributed by atoms with E-state index in [1.165, 1.54) is 24.8 Å². The predicted molar refractivity (Wildman–Crippen MR) is 107 cm³/mol. The number of fused-ring (bicyclic) bond motifs is 1. The molecule has 0 unspecified atom stereocenters. The summed E-state index contributed by atoms with van der Waals surface area (Å²) in [7, 11) is 0. The van der Waals surface area contributed by atoms with E-state index in [9.17, 15) is 4.79 Å². The van der Waals surface area contributed by atoms with Crippen molar-refractivity contribution in [3.05, 3.63) is 64.8 Å². The first-order valence-corrected chi connectivity index (χ1v) is 9.65. The van der Waals surface area contributed by atoms with E-state index >= 15 is 0 Å². The maximum atomic E-state index is 12.4. The minimum atomic E-state index is -0.0787. The maximum Gasteiger partial charge on any atom is 0.251 e. The van der Waals surface area contributed by atoms with E-state index in [4.69, 9.17) is 11.6 Å². The van der Waals surface area contributed by atoms with Crippen molar-refractivity contribution in [1.82, 2.24) is 19.9 Å². The van der Waals surface area contributed by atoms with Gasteiger partial charge in [0.05, 0.1) is 0 Å². The van der Waals surface area contributed by atoms with Crippen LogP contribution >= 0.6 is 11.6 Å². The molecule has 27 heavy (non-hydrogen) atoms. The molecule has 2 heterocycles. The molecule has 1 N–H and O–H groups in total. The number of pyridine rings is 1. The Kier molecular flexibility index (Phi) is 5.21. The molecule has 0 saturated carbocycles. The van der Waals surface area contributed by atoms with Crippen molar-refractivity contribution in [3.8, 4) is 11.4 Å². The van der Waals surface area contributed by atoms with Crippen LogP contribution in [0.3, 0.4) is 0 Å². The fraction of sp³-hybridized carbons (Fsp3) is 0.286. The van der Waals surface area contributed by atoms with Crippen molar-refractivity contribution >= 4 is 23.2 Å². The van der Waals surface area contributed by atoms with Crippen LogP contribution in [0, 0.1) is 0 Å². The van der Waals surface area contributed by atoms with Gasteiger partial charge in [0, 0.05) is 28.9 Å². The summed E-state index contributed by atoms with van der Waals surface area (Å²) in [6.45, 7) is 0.665. The number of hydrogen-bond donors (Lipinski definition) is 1. The Morgan fingerprint density at radius 1 is 1.15 bits per heavy atom. The number of nitrogens with one attached hydrogen (secondary N) is 1. The number of aromatic nitrogens is 3. The van der Waals surface area contributed by atoms with Gasteiger partial charge in [0.15, 0.2) is 11.5 Å². The van der Waals surface area contributed by atoms with Crippen LogP contribution in [0.5, 0.6) is 0 Å². The molecule has 0 atom stereocenters. The van der Waals surface area contributed by atoms with Crippen molar-refractivity contribution in [3.63, 3.8) is 0 Å². The number of hydrogen-bond acceptors (Lipinski definition) is 3. The molecule has 2 aromatic heterocycles. The molecule has 1 aliphatic rings. The monoisotopic (exact) mass is 380 g/mol. The molecule has 4 rings (SSSR count). The van der Waals surface area contributed by atoms with Gasteiger partial charge in [-0.2, -0.15) is 0 Å². The Morgan fingerprint density at radius 3 is 2.78 bits per heavy atom. The standard InChI is InChI=1S/C21H21ClN4O/c22-18-8-6-16(7-9-18)20-25-24-19-14-17(11-13-26(19)20)21(27)23-12-10-15-4-2-1-3-5-15/h4,6-9,11,13-14H,1-3,5,10,12H2,(H,23,27). The number of carbonyl (C=O) groups excluding carboxylic acids is 1. The maximum absolute atomic E-state index is 12.4. The van der Waals surface area contributed by atoms with Crippen LogP contribution in [-0.4, -0.2) is 27.0 Å². The predicted octanol–water partition coefficient (Wildman–Crippen LogP) is 4.67. The summed E-state index contributed by atoms with van der Waals surface area (Å²) in [5.41, 5.74) is 3.62. The minimum absolute atomic E-state index is 0.0787. The summed E-state index contributed by atoms with van der Waals surface area (Å²) >= 11 is 5.95. The van der Waals surface area contributed by atoms with Gasteiger partial charge in [-0.1, -0.05) is 23.3 Å². The van der Waals surface area contributed by atoms with Crippen molar-refractivity contribution < 1.29 is 4.79 Å². The zero-order chi connectivity index (χ0) is 18.6. The van der Waals surface area contributed by atoms with Gasteiger partial charge < -0.3 is 5.32 Å². The van der Waals surface area contributed by atoms with Crippen molar-refractivity contribution in [2.45, 2.75) is 32.1 Å². The Bertz CT molecular complexity index is 991. The third-order valence-corrected chi connectivity index (χ3v) is 5.14. The summed E-state index contributed by atoms with van der Waals surface area (Å²) in [5, 5.41) is 12.1. The Labute approximate surface area is 163 Å². The average molecular weight is 381 g/mol. The van der Waals surface area contributed by atoms with Crippen LogP contribution in [-0.2, 0) is 0 Å². The summed E-state index contributed by atoms with van der Waals surface area (Å²) in [5.74, 6) is 0.641. The second kappa shape index (κ2) is 7.92. The van der Waals surface area contributed by atoms with Crippen LogP contribution in [0.4, 0.5) is 0 Å². The van der Waals surface area contributed by atoms with Crippen molar-refractivity contribution in [1.29, 1.82) is 0 Å². The van der Waals surface area contributed by atoms with Crippen LogP contribution < -0.4 is 5.32 Å². The molecule has 3 aromatic rings. The van der Waals surface area contributed by atoms with Crippen LogP contribution in [0.1, 0.15) is 42.5 Å². The summed E-state index contributed by atoms with van der Waals surface area (Å²) in [6.07, 6.45) is 9.96. The highest BCUT2D eigenvalue weighted by Crippen LogP contribution is 2.21. The molecule has 0 bridgehead atoms. The first kappa shape index (κ1) is 17.7. The molecule has 0 saturated heterocycles. The quantitative estimate of drug-likeness (QED) is 0.654. The molecule has 1 amide bonds. The number of rotatable bonds is 5. The first-order valence-electron chi connectivity index (χ1n) is 9.27.